The largest absolute Gasteiger partial charge is 0.376 e. The van der Waals surface area contributed by atoms with Gasteiger partial charge in [-0.15, -0.1) is 0 Å². The van der Waals surface area contributed by atoms with E-state index in [9.17, 15) is 5.11 Å². The van der Waals surface area contributed by atoms with Crippen LogP contribution in [-0.4, -0.2) is 42.1 Å². The van der Waals surface area contributed by atoms with Gasteiger partial charge in [0.25, 0.3) is 0 Å². The Morgan fingerprint density at radius 2 is 2.09 bits per heavy atom. The van der Waals surface area contributed by atoms with Gasteiger partial charge >= 0.3 is 0 Å². The summed E-state index contributed by atoms with van der Waals surface area (Å²) in [5.74, 6) is 0. The highest BCUT2D eigenvalue weighted by atomic mass is 16.5. The molecule has 0 spiro atoms. The summed E-state index contributed by atoms with van der Waals surface area (Å²) < 4.78 is 5.64. The minimum absolute atomic E-state index is 0.243. The molecule has 0 radical (unpaired) electrons. The average molecular weight is 315 g/mol. The van der Waals surface area contributed by atoms with Gasteiger partial charge in [-0.1, -0.05) is 24.3 Å². The second-order valence-corrected chi connectivity index (χ2v) is 6.63. The van der Waals surface area contributed by atoms with E-state index in [1.807, 2.05) is 25.3 Å². The van der Waals surface area contributed by atoms with E-state index < -0.39 is 11.8 Å². The van der Waals surface area contributed by atoms with E-state index in [0.717, 1.165) is 28.6 Å². The van der Waals surface area contributed by atoms with Gasteiger partial charge in [-0.2, -0.15) is 0 Å². The molecule has 124 valence electrons. The van der Waals surface area contributed by atoms with E-state index in [-0.39, 0.29) is 6.10 Å². The number of aryl methyl sites for hydroxylation is 1. The second-order valence-electron chi connectivity index (χ2n) is 6.63. The van der Waals surface area contributed by atoms with E-state index in [1.54, 1.807) is 0 Å². The summed E-state index contributed by atoms with van der Waals surface area (Å²) >= 11 is 0. The Morgan fingerprint density at radius 1 is 1.35 bits per heavy atom. The van der Waals surface area contributed by atoms with Gasteiger partial charge < -0.3 is 15.2 Å². The molecule has 2 atom stereocenters. The number of aliphatic hydroxyl groups excluding tert-OH is 1. The van der Waals surface area contributed by atoms with Crippen molar-refractivity contribution in [3.63, 3.8) is 0 Å². The highest BCUT2D eigenvalue weighted by Gasteiger charge is 2.30. The summed E-state index contributed by atoms with van der Waals surface area (Å²) in [6.45, 7) is 8.24. The Hall–Kier alpha value is -1.53. The van der Waals surface area contributed by atoms with Gasteiger partial charge in [0.15, 0.2) is 0 Å². The molecule has 3 N–H and O–H groups in total. The van der Waals surface area contributed by atoms with Crippen molar-refractivity contribution in [1.82, 2.24) is 15.6 Å². The van der Waals surface area contributed by atoms with Crippen LogP contribution in [0.1, 0.15) is 25.1 Å². The van der Waals surface area contributed by atoms with Crippen molar-refractivity contribution >= 4 is 10.8 Å². The molecule has 1 saturated heterocycles. The number of morpholine rings is 1. The monoisotopic (exact) mass is 315 g/mol. The van der Waals surface area contributed by atoms with Crippen LogP contribution in [0.15, 0.2) is 30.5 Å². The van der Waals surface area contributed by atoms with E-state index in [4.69, 9.17) is 4.74 Å². The zero-order valence-corrected chi connectivity index (χ0v) is 14.0. The summed E-state index contributed by atoms with van der Waals surface area (Å²) in [6, 6.07) is 8.25. The molecule has 1 unspecified atom stereocenters. The summed E-state index contributed by atoms with van der Waals surface area (Å²) in [6.07, 6.45) is 0.919. The summed E-state index contributed by atoms with van der Waals surface area (Å²) in [5, 5.41) is 19.3. The van der Waals surface area contributed by atoms with E-state index in [0.29, 0.717) is 13.2 Å². The Bertz CT molecular complexity index is 681. The SMILES string of the molecule is Cc1ncc(C(C)(C)NC(O)[C@H]2CNCCO2)c2ccccc12. The van der Waals surface area contributed by atoms with E-state index in [1.165, 1.54) is 0 Å². The zero-order chi connectivity index (χ0) is 16.4. The lowest BCUT2D eigenvalue weighted by atomic mass is 9.90. The van der Waals surface area contributed by atoms with Crippen molar-refractivity contribution in [1.29, 1.82) is 0 Å². The first-order chi connectivity index (χ1) is 11.0. The minimum atomic E-state index is -0.738. The maximum absolute atomic E-state index is 10.5. The van der Waals surface area contributed by atoms with Crippen LogP contribution in [-0.2, 0) is 10.3 Å². The predicted octanol–water partition coefficient (Wildman–Crippen LogP) is 1.67. The smallest absolute Gasteiger partial charge is 0.133 e. The lowest BCUT2D eigenvalue weighted by molar-refractivity contribution is -0.0748. The molecular weight excluding hydrogens is 290 g/mol. The number of ether oxygens (including phenoxy) is 1. The van der Waals surface area contributed by atoms with Gasteiger partial charge in [0.1, 0.15) is 12.3 Å². The maximum Gasteiger partial charge on any atom is 0.133 e. The average Bonchev–Trinajstić information content (AvgIpc) is 2.55. The Morgan fingerprint density at radius 3 is 2.78 bits per heavy atom. The topological polar surface area (TPSA) is 66.4 Å². The first kappa shape index (κ1) is 16.3. The van der Waals surface area contributed by atoms with Crippen LogP contribution < -0.4 is 10.6 Å². The molecular formula is C18H25N3O2. The van der Waals surface area contributed by atoms with Crippen LogP contribution in [0.25, 0.3) is 10.8 Å². The number of rotatable bonds is 4. The number of pyridine rings is 1. The molecule has 1 aliphatic rings. The quantitative estimate of drug-likeness (QED) is 0.749. The molecule has 1 fully saturated rings. The van der Waals surface area contributed by atoms with Crippen molar-refractivity contribution < 1.29 is 9.84 Å². The molecule has 0 amide bonds. The number of aliphatic hydroxyl groups is 1. The van der Waals surface area contributed by atoms with Crippen molar-refractivity contribution in [2.24, 2.45) is 0 Å². The van der Waals surface area contributed by atoms with Gasteiger partial charge in [-0.05, 0) is 31.7 Å². The molecule has 0 aliphatic carbocycles. The normalized spacial score (nSPS) is 20.6. The van der Waals surface area contributed by atoms with Crippen molar-refractivity contribution in [3.8, 4) is 0 Å². The van der Waals surface area contributed by atoms with Crippen molar-refractivity contribution in [2.45, 2.75) is 38.6 Å². The number of hydrogen-bond donors (Lipinski definition) is 3. The first-order valence-electron chi connectivity index (χ1n) is 8.12. The van der Waals surface area contributed by atoms with Gasteiger partial charge in [-0.3, -0.25) is 10.3 Å². The minimum Gasteiger partial charge on any atom is -0.376 e. The number of aromatic nitrogens is 1. The molecule has 23 heavy (non-hydrogen) atoms. The third-order valence-corrected chi connectivity index (χ3v) is 4.48. The Labute approximate surface area is 137 Å². The molecule has 2 aromatic rings. The second kappa shape index (κ2) is 6.53. The van der Waals surface area contributed by atoms with Crippen LogP contribution in [0.4, 0.5) is 0 Å². The number of nitrogens with zero attached hydrogens (tertiary/aromatic N) is 1. The van der Waals surface area contributed by atoms with E-state index in [2.05, 4.69) is 41.6 Å². The molecule has 5 heteroatoms. The molecule has 1 aliphatic heterocycles. The Balaban J connectivity index is 1.88. The molecule has 1 aromatic heterocycles. The highest BCUT2D eigenvalue weighted by molar-refractivity contribution is 5.87. The number of hydrogen-bond acceptors (Lipinski definition) is 5. The van der Waals surface area contributed by atoms with Gasteiger partial charge in [0.2, 0.25) is 0 Å². The molecule has 2 heterocycles. The van der Waals surface area contributed by atoms with Gasteiger partial charge in [0, 0.05) is 35.9 Å². The lowest BCUT2D eigenvalue weighted by Gasteiger charge is -2.35. The first-order valence-corrected chi connectivity index (χ1v) is 8.12. The predicted molar refractivity (Wildman–Crippen MR) is 91.3 cm³/mol. The summed E-state index contributed by atoms with van der Waals surface area (Å²) in [5.41, 5.74) is 1.66. The Kier molecular flexibility index (Phi) is 4.64. The molecule has 1 aromatic carbocycles. The number of benzene rings is 1. The fraction of sp³-hybridized carbons (Fsp3) is 0.500. The standard InChI is InChI=1S/C18H25N3O2/c1-12-13-6-4-5-7-14(13)15(10-20-12)18(2,3)21-17(22)16-11-19-8-9-23-16/h4-7,10,16-17,19,21-22H,8-9,11H2,1-3H3/t16-,17?/m1/s1. The van der Waals surface area contributed by atoms with Crippen LogP contribution in [0.3, 0.4) is 0 Å². The van der Waals surface area contributed by atoms with Gasteiger partial charge in [-0.25, -0.2) is 0 Å². The third kappa shape index (κ3) is 3.38. The molecule has 5 nitrogen and oxygen atoms in total. The maximum atomic E-state index is 10.5. The van der Waals surface area contributed by atoms with Crippen LogP contribution >= 0.6 is 0 Å². The highest BCUT2D eigenvalue weighted by Crippen LogP contribution is 2.29. The van der Waals surface area contributed by atoms with Crippen molar-refractivity contribution in [2.75, 3.05) is 19.7 Å². The molecule has 0 bridgehead atoms. The lowest BCUT2D eigenvalue weighted by Crippen LogP contribution is -2.55. The summed E-state index contributed by atoms with van der Waals surface area (Å²) in [4.78, 5) is 4.53. The third-order valence-electron chi connectivity index (χ3n) is 4.48. The molecule has 3 rings (SSSR count). The molecule has 0 saturated carbocycles. The van der Waals surface area contributed by atoms with Crippen LogP contribution in [0.5, 0.6) is 0 Å². The van der Waals surface area contributed by atoms with Crippen LogP contribution in [0.2, 0.25) is 0 Å². The fourth-order valence-corrected chi connectivity index (χ4v) is 3.16. The zero-order valence-electron chi connectivity index (χ0n) is 14.0. The van der Waals surface area contributed by atoms with E-state index >= 15 is 0 Å². The number of fused-ring (bicyclic) bond motifs is 1. The fourth-order valence-electron chi connectivity index (χ4n) is 3.16. The summed E-state index contributed by atoms with van der Waals surface area (Å²) in [7, 11) is 0. The van der Waals surface area contributed by atoms with Crippen LogP contribution in [0, 0.1) is 6.92 Å². The van der Waals surface area contributed by atoms with Gasteiger partial charge in [0.05, 0.1) is 6.61 Å². The number of nitrogens with one attached hydrogen (secondary N) is 2. The van der Waals surface area contributed by atoms with Crippen molar-refractivity contribution in [3.05, 3.63) is 41.7 Å².